The van der Waals surface area contributed by atoms with Gasteiger partial charge in [0.25, 0.3) is 0 Å². The van der Waals surface area contributed by atoms with E-state index >= 15 is 0 Å². The van der Waals surface area contributed by atoms with Crippen LogP contribution in [-0.4, -0.2) is 24.7 Å². The third-order valence-electron chi connectivity index (χ3n) is 1.91. The molecule has 0 aliphatic carbocycles. The zero-order valence-electron chi connectivity index (χ0n) is 9.74. The van der Waals surface area contributed by atoms with E-state index in [9.17, 15) is 4.79 Å². The van der Waals surface area contributed by atoms with E-state index in [1.54, 1.807) is 19.1 Å². The molecule has 0 saturated carbocycles. The second kappa shape index (κ2) is 5.30. The lowest BCUT2D eigenvalue weighted by molar-refractivity contribution is 0.0593. The molecule has 1 aromatic heterocycles. The van der Waals surface area contributed by atoms with Crippen LogP contribution in [0.2, 0.25) is 0 Å². The Morgan fingerprint density at radius 2 is 2.19 bits per heavy atom. The minimum Gasteiger partial charge on any atom is -0.487 e. The van der Waals surface area contributed by atoms with Crippen molar-refractivity contribution in [3.63, 3.8) is 0 Å². The molecule has 0 amide bonds. The van der Waals surface area contributed by atoms with E-state index < -0.39 is 5.97 Å². The lowest BCUT2D eigenvalue weighted by atomic mass is 10.3. The van der Waals surface area contributed by atoms with Crippen LogP contribution in [0.5, 0.6) is 5.75 Å². The summed E-state index contributed by atoms with van der Waals surface area (Å²) >= 11 is 0. The Labute approximate surface area is 94.9 Å². The zero-order valence-corrected chi connectivity index (χ0v) is 9.74. The molecule has 0 bridgehead atoms. The molecule has 0 radical (unpaired) electrons. The fraction of sp³-hybridized carbons (Fsp3) is 0.333. The first kappa shape index (κ1) is 12.2. The van der Waals surface area contributed by atoms with Gasteiger partial charge in [-0.2, -0.15) is 0 Å². The Kier molecular flexibility index (Phi) is 4.05. The normalized spacial score (nSPS) is 9.69. The van der Waals surface area contributed by atoms with Gasteiger partial charge < -0.3 is 9.47 Å². The van der Waals surface area contributed by atoms with Crippen molar-refractivity contribution in [3.05, 3.63) is 35.7 Å². The molecule has 1 aromatic rings. The van der Waals surface area contributed by atoms with E-state index in [-0.39, 0.29) is 5.69 Å². The topological polar surface area (TPSA) is 48.4 Å². The summed E-state index contributed by atoms with van der Waals surface area (Å²) < 4.78 is 10.0. The maximum Gasteiger partial charge on any atom is 0.356 e. The fourth-order valence-electron chi connectivity index (χ4n) is 1.12. The molecule has 0 saturated heterocycles. The zero-order chi connectivity index (χ0) is 12.1. The number of hydrogen-bond donors (Lipinski definition) is 0. The van der Waals surface area contributed by atoms with Gasteiger partial charge >= 0.3 is 5.97 Å². The summed E-state index contributed by atoms with van der Waals surface area (Å²) in [5, 5.41) is 0. The summed E-state index contributed by atoms with van der Waals surface area (Å²) in [6, 6.07) is 3.28. The van der Waals surface area contributed by atoms with Crippen molar-refractivity contribution >= 4 is 5.97 Å². The number of carbonyl (C=O) groups excluding carboxylic acids is 1. The monoisotopic (exact) mass is 221 g/mol. The van der Waals surface area contributed by atoms with Crippen LogP contribution in [-0.2, 0) is 4.74 Å². The minimum absolute atomic E-state index is 0.280. The summed E-state index contributed by atoms with van der Waals surface area (Å²) in [4.78, 5) is 15.3. The standard InChI is InChI=1S/C12H15NO3/c1-8(2)7-16-11-6-5-10(12(14)15-4)13-9(11)3/h5-6H,1,7H2,2-4H3. The number of aromatic nitrogens is 1. The molecule has 1 heterocycles. The van der Waals surface area contributed by atoms with Crippen molar-refractivity contribution in [2.75, 3.05) is 13.7 Å². The van der Waals surface area contributed by atoms with Crippen molar-refractivity contribution in [3.8, 4) is 5.75 Å². The van der Waals surface area contributed by atoms with E-state index in [1.165, 1.54) is 7.11 Å². The first-order valence-corrected chi connectivity index (χ1v) is 4.87. The highest BCUT2D eigenvalue weighted by molar-refractivity contribution is 5.87. The quantitative estimate of drug-likeness (QED) is 0.577. The summed E-state index contributed by atoms with van der Waals surface area (Å²) in [5.74, 6) is 0.199. The van der Waals surface area contributed by atoms with E-state index in [2.05, 4.69) is 16.3 Å². The molecule has 16 heavy (non-hydrogen) atoms. The molecular formula is C12H15NO3. The Bertz CT molecular complexity index is 413. The molecule has 0 unspecified atom stereocenters. The van der Waals surface area contributed by atoms with Gasteiger partial charge in [0, 0.05) is 0 Å². The molecule has 0 aromatic carbocycles. The molecule has 0 atom stereocenters. The van der Waals surface area contributed by atoms with Crippen LogP contribution < -0.4 is 4.74 Å². The van der Waals surface area contributed by atoms with Gasteiger partial charge in [0.1, 0.15) is 18.1 Å². The van der Waals surface area contributed by atoms with E-state index in [4.69, 9.17) is 4.74 Å². The number of hydrogen-bond acceptors (Lipinski definition) is 4. The predicted octanol–water partition coefficient (Wildman–Crippen LogP) is 2.13. The summed E-state index contributed by atoms with van der Waals surface area (Å²) in [6.45, 7) is 7.84. The number of nitrogens with zero attached hydrogens (tertiary/aromatic N) is 1. The number of carbonyl (C=O) groups is 1. The predicted molar refractivity (Wildman–Crippen MR) is 60.6 cm³/mol. The van der Waals surface area contributed by atoms with Crippen LogP contribution in [0.25, 0.3) is 0 Å². The van der Waals surface area contributed by atoms with Crippen LogP contribution in [0.1, 0.15) is 23.1 Å². The Morgan fingerprint density at radius 1 is 1.50 bits per heavy atom. The van der Waals surface area contributed by atoms with Gasteiger partial charge in [0.05, 0.1) is 12.8 Å². The van der Waals surface area contributed by atoms with Gasteiger partial charge in [0.2, 0.25) is 0 Å². The summed E-state index contributed by atoms with van der Waals surface area (Å²) in [6.07, 6.45) is 0. The van der Waals surface area contributed by atoms with Crippen molar-refractivity contribution in [1.82, 2.24) is 4.98 Å². The van der Waals surface area contributed by atoms with Crippen molar-refractivity contribution in [2.45, 2.75) is 13.8 Å². The van der Waals surface area contributed by atoms with Crippen molar-refractivity contribution in [1.29, 1.82) is 0 Å². The van der Waals surface area contributed by atoms with Crippen LogP contribution >= 0.6 is 0 Å². The van der Waals surface area contributed by atoms with Crippen molar-refractivity contribution < 1.29 is 14.3 Å². The number of methoxy groups -OCH3 is 1. The first-order chi connectivity index (χ1) is 7.54. The molecule has 86 valence electrons. The third-order valence-corrected chi connectivity index (χ3v) is 1.91. The Hall–Kier alpha value is -1.84. The van der Waals surface area contributed by atoms with Crippen LogP contribution in [0.3, 0.4) is 0 Å². The number of pyridine rings is 1. The number of rotatable bonds is 4. The van der Waals surface area contributed by atoms with Gasteiger partial charge in [-0.05, 0) is 31.6 Å². The van der Waals surface area contributed by atoms with Gasteiger partial charge in [0.15, 0.2) is 0 Å². The lowest BCUT2D eigenvalue weighted by Crippen LogP contribution is -2.07. The van der Waals surface area contributed by atoms with Gasteiger partial charge in [-0.15, -0.1) is 0 Å². The van der Waals surface area contributed by atoms with E-state index in [0.717, 1.165) is 5.57 Å². The second-order valence-electron chi connectivity index (χ2n) is 3.52. The van der Waals surface area contributed by atoms with Crippen LogP contribution in [0.15, 0.2) is 24.3 Å². The maximum atomic E-state index is 11.2. The number of esters is 1. The molecule has 0 fully saturated rings. The molecule has 0 aliphatic heterocycles. The van der Waals surface area contributed by atoms with Gasteiger partial charge in [-0.1, -0.05) is 6.58 Å². The highest BCUT2D eigenvalue weighted by atomic mass is 16.5. The molecule has 1 rings (SSSR count). The second-order valence-corrected chi connectivity index (χ2v) is 3.52. The Morgan fingerprint density at radius 3 is 2.69 bits per heavy atom. The highest BCUT2D eigenvalue weighted by Crippen LogP contribution is 2.16. The molecule has 0 spiro atoms. The lowest BCUT2D eigenvalue weighted by Gasteiger charge is -2.08. The third kappa shape index (κ3) is 3.08. The fourth-order valence-corrected chi connectivity index (χ4v) is 1.12. The van der Waals surface area contributed by atoms with E-state index in [0.29, 0.717) is 18.1 Å². The summed E-state index contributed by atoms with van der Waals surface area (Å²) in [7, 11) is 1.32. The maximum absolute atomic E-state index is 11.2. The average molecular weight is 221 g/mol. The van der Waals surface area contributed by atoms with Crippen LogP contribution in [0, 0.1) is 6.92 Å². The van der Waals surface area contributed by atoms with Crippen molar-refractivity contribution in [2.24, 2.45) is 0 Å². The highest BCUT2D eigenvalue weighted by Gasteiger charge is 2.09. The SMILES string of the molecule is C=C(C)COc1ccc(C(=O)OC)nc1C. The van der Waals surface area contributed by atoms with E-state index in [1.807, 2.05) is 6.92 Å². The smallest absolute Gasteiger partial charge is 0.356 e. The molecule has 4 heteroatoms. The molecular weight excluding hydrogens is 206 g/mol. The van der Waals surface area contributed by atoms with Gasteiger partial charge in [-0.25, -0.2) is 9.78 Å². The average Bonchev–Trinajstić information content (AvgIpc) is 2.26. The van der Waals surface area contributed by atoms with Gasteiger partial charge in [-0.3, -0.25) is 0 Å². The molecule has 4 nitrogen and oxygen atoms in total. The molecule has 0 aliphatic rings. The van der Waals surface area contributed by atoms with Crippen LogP contribution in [0.4, 0.5) is 0 Å². The Balaban J connectivity index is 2.83. The number of ether oxygens (including phenoxy) is 2. The first-order valence-electron chi connectivity index (χ1n) is 4.87. The molecule has 0 N–H and O–H groups in total. The summed E-state index contributed by atoms with van der Waals surface area (Å²) in [5.41, 5.74) is 1.86. The number of aryl methyl sites for hydroxylation is 1. The largest absolute Gasteiger partial charge is 0.487 e. The minimum atomic E-state index is -0.449.